The molecule has 0 bridgehead atoms. The summed E-state index contributed by atoms with van der Waals surface area (Å²) in [5, 5.41) is 11.0. The van der Waals surface area contributed by atoms with Crippen LogP contribution in [0.3, 0.4) is 0 Å². The highest BCUT2D eigenvalue weighted by Gasteiger charge is 2.47. The maximum Gasteiger partial charge on any atom is 0.229 e. The van der Waals surface area contributed by atoms with Crippen molar-refractivity contribution in [3.8, 4) is 11.3 Å². The van der Waals surface area contributed by atoms with Gasteiger partial charge < -0.3 is 15.5 Å². The number of anilines is 3. The fourth-order valence-electron chi connectivity index (χ4n) is 5.15. The van der Waals surface area contributed by atoms with Crippen LogP contribution in [0.2, 0.25) is 0 Å². The van der Waals surface area contributed by atoms with E-state index in [0.29, 0.717) is 23.1 Å². The van der Waals surface area contributed by atoms with E-state index in [9.17, 15) is 4.39 Å². The first-order valence-electron chi connectivity index (χ1n) is 11.4. The van der Waals surface area contributed by atoms with Crippen molar-refractivity contribution >= 4 is 17.5 Å². The highest BCUT2D eigenvalue weighted by atomic mass is 19.1. The third-order valence-corrected chi connectivity index (χ3v) is 7.01. The molecule has 9 heteroatoms. The number of pyridine rings is 1. The van der Waals surface area contributed by atoms with E-state index in [1.54, 1.807) is 6.20 Å². The van der Waals surface area contributed by atoms with E-state index in [1.165, 1.54) is 6.20 Å². The molecule has 0 aromatic carbocycles. The Labute approximate surface area is 186 Å². The minimum atomic E-state index is -0.441. The van der Waals surface area contributed by atoms with Gasteiger partial charge in [0.1, 0.15) is 11.5 Å². The Bertz CT molecular complexity index is 1130. The summed E-state index contributed by atoms with van der Waals surface area (Å²) >= 11 is 0. The smallest absolute Gasteiger partial charge is 0.229 e. The molecule has 2 fully saturated rings. The molecule has 0 radical (unpaired) electrons. The van der Waals surface area contributed by atoms with Crippen LogP contribution in [0.25, 0.3) is 11.3 Å². The fraction of sp³-hybridized carbons (Fsp3) is 0.478. The van der Waals surface area contributed by atoms with Crippen LogP contribution >= 0.6 is 0 Å². The van der Waals surface area contributed by atoms with Gasteiger partial charge in [-0.15, -0.1) is 0 Å². The van der Waals surface area contributed by atoms with Gasteiger partial charge in [-0.25, -0.2) is 19.3 Å². The van der Waals surface area contributed by atoms with E-state index in [0.717, 1.165) is 68.9 Å². The molecular weight excluding hydrogens is 407 g/mol. The van der Waals surface area contributed by atoms with E-state index >= 15 is 0 Å². The molecule has 6 rings (SSSR count). The van der Waals surface area contributed by atoms with Crippen molar-refractivity contribution in [1.29, 1.82) is 0 Å². The minimum absolute atomic E-state index is 0.286. The average molecular weight is 435 g/mol. The zero-order chi connectivity index (χ0) is 21.7. The molecule has 0 aliphatic carbocycles. The number of fused-ring (bicyclic) bond motifs is 1. The highest BCUT2D eigenvalue weighted by molar-refractivity contribution is 5.65. The van der Waals surface area contributed by atoms with E-state index in [-0.39, 0.29) is 5.69 Å². The van der Waals surface area contributed by atoms with Crippen molar-refractivity contribution in [2.45, 2.75) is 38.6 Å². The highest BCUT2D eigenvalue weighted by Crippen LogP contribution is 2.37. The van der Waals surface area contributed by atoms with Gasteiger partial charge in [0.15, 0.2) is 5.82 Å². The third kappa shape index (κ3) is 3.31. The molecule has 1 atom stereocenters. The first kappa shape index (κ1) is 19.6. The molecule has 1 spiro atoms. The normalized spacial score (nSPS) is 21.4. The van der Waals surface area contributed by atoms with E-state index < -0.39 is 5.82 Å². The number of hydrogen-bond donors (Lipinski definition) is 2. The van der Waals surface area contributed by atoms with Gasteiger partial charge in [-0.3, -0.25) is 4.68 Å². The van der Waals surface area contributed by atoms with Crippen molar-refractivity contribution < 1.29 is 4.39 Å². The lowest BCUT2D eigenvalue weighted by Crippen LogP contribution is -2.71. The van der Waals surface area contributed by atoms with Crippen LogP contribution in [0.1, 0.15) is 37.8 Å². The number of nitrogens with zero attached hydrogens (tertiary/aromatic N) is 6. The predicted molar refractivity (Wildman–Crippen MR) is 121 cm³/mol. The molecule has 166 valence electrons. The first-order valence-corrected chi connectivity index (χ1v) is 11.4. The number of aryl methyl sites for hydroxylation is 1. The molecule has 8 nitrogen and oxygen atoms in total. The van der Waals surface area contributed by atoms with Crippen LogP contribution in [-0.2, 0) is 6.54 Å². The number of hydrogen-bond acceptors (Lipinski definition) is 7. The second kappa shape index (κ2) is 7.51. The fourth-order valence-corrected chi connectivity index (χ4v) is 5.15. The summed E-state index contributed by atoms with van der Waals surface area (Å²) in [6, 6.07) is 3.97. The maximum atomic E-state index is 14.7. The van der Waals surface area contributed by atoms with Crippen LogP contribution in [-0.4, -0.2) is 50.9 Å². The Hall–Kier alpha value is -3.07. The minimum Gasteiger partial charge on any atom is -0.369 e. The van der Waals surface area contributed by atoms with E-state index in [2.05, 4.69) is 48.6 Å². The summed E-state index contributed by atoms with van der Waals surface area (Å²) in [6.07, 6.45) is 8.13. The summed E-state index contributed by atoms with van der Waals surface area (Å²) in [4.78, 5) is 15.5. The van der Waals surface area contributed by atoms with Gasteiger partial charge in [0.2, 0.25) is 5.95 Å². The van der Waals surface area contributed by atoms with Gasteiger partial charge >= 0.3 is 0 Å². The lowest BCUT2D eigenvalue weighted by molar-refractivity contribution is 0.121. The largest absolute Gasteiger partial charge is 0.369 e. The lowest BCUT2D eigenvalue weighted by atomic mass is 9.74. The molecule has 2 saturated heterocycles. The van der Waals surface area contributed by atoms with Gasteiger partial charge in [0.05, 0.1) is 30.0 Å². The average Bonchev–Trinajstić information content (AvgIpc) is 3.06. The summed E-state index contributed by atoms with van der Waals surface area (Å²) in [5.74, 6) is 0.829. The maximum absolute atomic E-state index is 14.7. The number of nitrogens with one attached hydrogen (secondary N) is 2. The summed E-state index contributed by atoms with van der Waals surface area (Å²) in [5.41, 5.74) is 3.68. The topological polar surface area (TPSA) is 83.8 Å². The second-order valence-corrected chi connectivity index (χ2v) is 9.44. The van der Waals surface area contributed by atoms with Crippen LogP contribution in [0.15, 0.2) is 30.7 Å². The molecule has 3 aliphatic rings. The number of rotatable bonds is 4. The van der Waals surface area contributed by atoms with Crippen LogP contribution in [0, 0.1) is 11.2 Å². The Kier molecular flexibility index (Phi) is 4.60. The number of halogens is 1. The van der Waals surface area contributed by atoms with E-state index in [1.807, 2.05) is 16.9 Å². The summed E-state index contributed by atoms with van der Waals surface area (Å²) in [7, 11) is 0. The van der Waals surface area contributed by atoms with Gasteiger partial charge in [-0.1, -0.05) is 13.3 Å². The Balaban J connectivity index is 1.22. The molecule has 2 N–H and O–H groups in total. The first-order chi connectivity index (χ1) is 15.6. The van der Waals surface area contributed by atoms with Crippen molar-refractivity contribution in [1.82, 2.24) is 30.0 Å². The Morgan fingerprint density at radius 2 is 2.00 bits per heavy atom. The summed E-state index contributed by atoms with van der Waals surface area (Å²) in [6.45, 7) is 7.41. The molecule has 0 saturated carbocycles. The van der Waals surface area contributed by atoms with Crippen molar-refractivity contribution in [3.63, 3.8) is 0 Å². The predicted octanol–water partition coefficient (Wildman–Crippen LogP) is 3.31. The van der Waals surface area contributed by atoms with Crippen LogP contribution < -0.4 is 15.5 Å². The van der Waals surface area contributed by atoms with Crippen molar-refractivity contribution in [2.24, 2.45) is 5.41 Å². The van der Waals surface area contributed by atoms with Gasteiger partial charge in [0, 0.05) is 43.7 Å². The molecular formula is C23H27FN8. The van der Waals surface area contributed by atoms with Gasteiger partial charge in [-0.2, -0.15) is 5.10 Å². The standard InChI is InChI=1S/C23H27FN8/c1-15-4-2-3-7-32-21(15)17(9-28-32)20-18(24)10-27-22(30-20)29-19-6-5-16(8-26-19)31-13-23(14-31)11-25-12-23/h5-6,8-10,15,25H,2-4,7,11-14H2,1H3,(H,26,27,29,30)/t15-/m1/s1. The molecule has 3 aromatic rings. The molecule has 3 aliphatic heterocycles. The third-order valence-electron chi connectivity index (χ3n) is 7.01. The van der Waals surface area contributed by atoms with Crippen LogP contribution in [0.4, 0.5) is 21.8 Å². The van der Waals surface area contributed by atoms with E-state index in [4.69, 9.17) is 0 Å². The molecule has 3 aromatic heterocycles. The monoisotopic (exact) mass is 434 g/mol. The quantitative estimate of drug-likeness (QED) is 0.652. The molecule has 6 heterocycles. The lowest BCUT2D eigenvalue weighted by Gasteiger charge is -2.57. The zero-order valence-corrected chi connectivity index (χ0v) is 18.2. The zero-order valence-electron chi connectivity index (χ0n) is 18.2. The van der Waals surface area contributed by atoms with Crippen molar-refractivity contribution in [3.05, 3.63) is 42.2 Å². The van der Waals surface area contributed by atoms with Crippen molar-refractivity contribution in [2.75, 3.05) is 36.4 Å². The number of aromatic nitrogens is 5. The SMILES string of the molecule is C[C@@H]1CCCCn2ncc(-c3nc(Nc4ccc(N5CC6(CNC6)C5)cn4)ncc3F)c21. The Morgan fingerprint density at radius 1 is 1.12 bits per heavy atom. The summed E-state index contributed by atoms with van der Waals surface area (Å²) < 4.78 is 16.7. The second-order valence-electron chi connectivity index (χ2n) is 9.44. The Morgan fingerprint density at radius 3 is 2.75 bits per heavy atom. The van der Waals surface area contributed by atoms with Crippen LogP contribution in [0.5, 0.6) is 0 Å². The van der Waals surface area contributed by atoms with Gasteiger partial charge in [-0.05, 0) is 30.9 Å². The molecule has 32 heavy (non-hydrogen) atoms. The van der Waals surface area contributed by atoms with Gasteiger partial charge in [0.25, 0.3) is 0 Å². The molecule has 0 amide bonds. The molecule has 0 unspecified atom stereocenters.